The zero-order chi connectivity index (χ0) is 17.6. The number of nitrogens with zero attached hydrogens (tertiary/aromatic N) is 5. The number of nitrogens with two attached hydrogens (primary N) is 1. The van der Waals surface area contributed by atoms with Crippen LogP contribution in [0.2, 0.25) is 0 Å². The van der Waals surface area contributed by atoms with Gasteiger partial charge in [0.1, 0.15) is 18.3 Å². The van der Waals surface area contributed by atoms with Crippen molar-refractivity contribution in [2.75, 3.05) is 12.3 Å². The highest BCUT2D eigenvalue weighted by Gasteiger charge is 2.44. The molecule has 1 aliphatic heterocycles. The maximum absolute atomic E-state index is 10.2. The molecular weight excluding hydrogens is 328 g/mol. The predicted molar refractivity (Wildman–Crippen MR) is 86.0 cm³/mol. The second-order valence-electron chi connectivity index (χ2n) is 5.73. The Labute approximate surface area is 141 Å². The number of aliphatic hydroxyl groups excluding tert-OH is 3. The summed E-state index contributed by atoms with van der Waals surface area (Å²) in [6.07, 6.45) is -4.51. The van der Waals surface area contributed by atoms with E-state index in [4.69, 9.17) is 10.5 Å². The van der Waals surface area contributed by atoms with E-state index in [0.29, 0.717) is 5.82 Å². The Kier molecular flexibility index (Phi) is 3.81. The first kappa shape index (κ1) is 15.8. The molecule has 5 N–H and O–H groups in total. The van der Waals surface area contributed by atoms with Crippen LogP contribution >= 0.6 is 0 Å². The SMILES string of the molecule is Nc1nc(-c2ccccc2)nc2c1nnn2[C@@H]1O[C@H](CO)[C@@H](O)[C@H]1O. The summed E-state index contributed by atoms with van der Waals surface area (Å²) >= 11 is 0. The van der Waals surface area contributed by atoms with Crippen LogP contribution < -0.4 is 5.73 Å². The van der Waals surface area contributed by atoms with E-state index in [9.17, 15) is 15.3 Å². The Morgan fingerprint density at radius 1 is 1.12 bits per heavy atom. The summed E-state index contributed by atoms with van der Waals surface area (Å²) < 4.78 is 6.72. The Hall–Kier alpha value is -2.66. The zero-order valence-electron chi connectivity index (χ0n) is 13.0. The predicted octanol–water partition coefficient (Wildman–Crippen LogP) is -0.918. The molecule has 4 rings (SSSR count). The number of hydrogen-bond donors (Lipinski definition) is 4. The van der Waals surface area contributed by atoms with Crippen LogP contribution in [0.1, 0.15) is 6.23 Å². The molecule has 2 aromatic heterocycles. The molecule has 25 heavy (non-hydrogen) atoms. The van der Waals surface area contributed by atoms with Gasteiger partial charge < -0.3 is 25.8 Å². The van der Waals surface area contributed by atoms with Crippen LogP contribution in [0, 0.1) is 0 Å². The number of aromatic nitrogens is 5. The lowest BCUT2D eigenvalue weighted by Gasteiger charge is -2.14. The van der Waals surface area contributed by atoms with Gasteiger partial charge in [0, 0.05) is 5.56 Å². The molecule has 10 nitrogen and oxygen atoms in total. The first-order valence-corrected chi connectivity index (χ1v) is 7.66. The molecule has 10 heteroatoms. The molecule has 1 aliphatic rings. The molecule has 3 heterocycles. The van der Waals surface area contributed by atoms with E-state index >= 15 is 0 Å². The molecule has 0 radical (unpaired) electrons. The molecule has 0 unspecified atom stereocenters. The fourth-order valence-electron chi connectivity index (χ4n) is 2.82. The van der Waals surface area contributed by atoms with E-state index < -0.39 is 31.1 Å². The van der Waals surface area contributed by atoms with Crippen molar-refractivity contribution >= 4 is 17.0 Å². The lowest BCUT2D eigenvalue weighted by Crippen LogP contribution is -2.33. The molecule has 4 atom stereocenters. The normalized spacial score (nSPS) is 26.4. The lowest BCUT2D eigenvalue weighted by atomic mass is 10.1. The molecule has 3 aromatic rings. The summed E-state index contributed by atoms with van der Waals surface area (Å²) in [5.41, 5.74) is 7.24. The van der Waals surface area contributed by atoms with Gasteiger partial charge in [0.15, 0.2) is 29.0 Å². The van der Waals surface area contributed by atoms with Crippen molar-refractivity contribution in [3.63, 3.8) is 0 Å². The van der Waals surface area contributed by atoms with E-state index in [1.165, 1.54) is 4.68 Å². The van der Waals surface area contributed by atoms with Crippen molar-refractivity contribution in [2.24, 2.45) is 0 Å². The van der Waals surface area contributed by atoms with Gasteiger partial charge in [-0.2, -0.15) is 4.68 Å². The van der Waals surface area contributed by atoms with Crippen molar-refractivity contribution in [1.82, 2.24) is 25.0 Å². The van der Waals surface area contributed by atoms with E-state index in [1.54, 1.807) is 0 Å². The molecule has 0 spiro atoms. The summed E-state index contributed by atoms with van der Waals surface area (Å²) in [4.78, 5) is 8.67. The summed E-state index contributed by atoms with van der Waals surface area (Å²) in [6, 6.07) is 9.24. The van der Waals surface area contributed by atoms with Gasteiger partial charge in [-0.3, -0.25) is 0 Å². The lowest BCUT2D eigenvalue weighted by molar-refractivity contribution is -0.0574. The topological polar surface area (TPSA) is 152 Å². The minimum atomic E-state index is -1.29. The van der Waals surface area contributed by atoms with Crippen LogP contribution in [0.5, 0.6) is 0 Å². The molecule has 0 amide bonds. The number of rotatable bonds is 3. The zero-order valence-corrected chi connectivity index (χ0v) is 13.0. The Morgan fingerprint density at radius 3 is 2.56 bits per heavy atom. The number of fused-ring (bicyclic) bond motifs is 1. The maximum Gasteiger partial charge on any atom is 0.187 e. The summed E-state index contributed by atoms with van der Waals surface area (Å²) in [6.45, 7) is -0.437. The highest BCUT2D eigenvalue weighted by atomic mass is 16.6. The number of benzene rings is 1. The molecular formula is C15H16N6O4. The highest BCUT2D eigenvalue weighted by molar-refractivity contribution is 5.83. The van der Waals surface area contributed by atoms with Gasteiger partial charge in [-0.1, -0.05) is 35.5 Å². The van der Waals surface area contributed by atoms with Crippen molar-refractivity contribution in [1.29, 1.82) is 0 Å². The molecule has 1 aromatic carbocycles. The monoisotopic (exact) mass is 344 g/mol. The summed E-state index contributed by atoms with van der Waals surface area (Å²) in [5, 5.41) is 37.2. The third-order valence-electron chi connectivity index (χ3n) is 4.14. The Bertz CT molecular complexity index is 902. The third-order valence-corrected chi connectivity index (χ3v) is 4.14. The highest BCUT2D eigenvalue weighted by Crippen LogP contribution is 2.31. The van der Waals surface area contributed by atoms with Gasteiger partial charge in [-0.05, 0) is 0 Å². The fraction of sp³-hybridized carbons (Fsp3) is 0.333. The quantitative estimate of drug-likeness (QED) is 0.472. The fourth-order valence-corrected chi connectivity index (χ4v) is 2.82. The molecule has 1 saturated heterocycles. The van der Waals surface area contributed by atoms with E-state index in [0.717, 1.165) is 5.56 Å². The molecule has 1 fully saturated rings. The van der Waals surface area contributed by atoms with Crippen LogP contribution in [-0.2, 0) is 4.74 Å². The standard InChI is InChI=1S/C15H16N6O4/c16-12-9-14(18-13(17-12)7-4-2-1-3-5-7)21(20-19-9)15-11(24)10(23)8(6-22)25-15/h1-5,8,10-11,15,22-24H,6H2,(H2,16,17,18)/t8-,10-,11-,15-/m1/s1. The molecule has 0 saturated carbocycles. The number of nitrogen functional groups attached to an aromatic ring is 1. The van der Waals surface area contributed by atoms with Gasteiger partial charge in [0.05, 0.1) is 6.61 Å². The number of ether oxygens (including phenoxy) is 1. The van der Waals surface area contributed by atoms with Crippen LogP contribution in [0.15, 0.2) is 30.3 Å². The van der Waals surface area contributed by atoms with Crippen molar-refractivity contribution in [3.05, 3.63) is 30.3 Å². The maximum atomic E-state index is 10.2. The van der Waals surface area contributed by atoms with E-state index in [1.807, 2.05) is 30.3 Å². The second kappa shape index (κ2) is 6.01. The average molecular weight is 344 g/mol. The van der Waals surface area contributed by atoms with E-state index in [2.05, 4.69) is 20.3 Å². The first-order chi connectivity index (χ1) is 12.1. The van der Waals surface area contributed by atoms with Crippen LogP contribution in [0.4, 0.5) is 5.82 Å². The van der Waals surface area contributed by atoms with Gasteiger partial charge in [0.25, 0.3) is 0 Å². The molecule has 130 valence electrons. The van der Waals surface area contributed by atoms with E-state index in [-0.39, 0.29) is 17.0 Å². The van der Waals surface area contributed by atoms with Gasteiger partial charge in [0.2, 0.25) is 0 Å². The van der Waals surface area contributed by atoms with Crippen LogP contribution in [0.25, 0.3) is 22.6 Å². The van der Waals surface area contributed by atoms with Crippen molar-refractivity contribution < 1.29 is 20.1 Å². The largest absolute Gasteiger partial charge is 0.394 e. The summed E-state index contributed by atoms with van der Waals surface area (Å²) in [5.74, 6) is 0.516. The number of aliphatic hydroxyl groups is 3. The third kappa shape index (κ3) is 2.51. The minimum Gasteiger partial charge on any atom is -0.394 e. The van der Waals surface area contributed by atoms with Crippen LogP contribution in [0.3, 0.4) is 0 Å². The average Bonchev–Trinajstić information content (AvgIpc) is 3.18. The molecule has 0 bridgehead atoms. The Balaban J connectivity index is 1.82. The second-order valence-corrected chi connectivity index (χ2v) is 5.73. The van der Waals surface area contributed by atoms with Gasteiger partial charge >= 0.3 is 0 Å². The number of anilines is 1. The van der Waals surface area contributed by atoms with Gasteiger partial charge in [-0.25, -0.2) is 9.97 Å². The van der Waals surface area contributed by atoms with Gasteiger partial charge in [-0.15, -0.1) is 5.10 Å². The molecule has 0 aliphatic carbocycles. The Morgan fingerprint density at radius 2 is 1.88 bits per heavy atom. The van der Waals surface area contributed by atoms with Crippen molar-refractivity contribution in [3.8, 4) is 11.4 Å². The first-order valence-electron chi connectivity index (χ1n) is 7.66. The summed E-state index contributed by atoms with van der Waals surface area (Å²) in [7, 11) is 0. The van der Waals surface area contributed by atoms with Crippen molar-refractivity contribution in [2.45, 2.75) is 24.5 Å². The minimum absolute atomic E-state index is 0.141. The van der Waals surface area contributed by atoms with Crippen LogP contribution in [-0.4, -0.2) is 65.2 Å². The number of hydrogen-bond acceptors (Lipinski definition) is 9. The smallest absolute Gasteiger partial charge is 0.187 e.